The summed E-state index contributed by atoms with van der Waals surface area (Å²) in [5.41, 5.74) is 4.16. The van der Waals surface area contributed by atoms with Crippen LogP contribution in [0.1, 0.15) is 50.1 Å². The first-order chi connectivity index (χ1) is 15.4. The summed E-state index contributed by atoms with van der Waals surface area (Å²) in [5, 5.41) is 16.0. The average molecular weight is 450 g/mol. The molecule has 2 aliphatic heterocycles. The van der Waals surface area contributed by atoms with E-state index in [4.69, 9.17) is 10.1 Å². The summed E-state index contributed by atoms with van der Waals surface area (Å²) in [4.78, 5) is 16.9. The maximum atomic E-state index is 12.7. The van der Waals surface area contributed by atoms with E-state index in [0.717, 1.165) is 52.7 Å². The Bertz CT molecular complexity index is 1160. The summed E-state index contributed by atoms with van der Waals surface area (Å²) in [5.74, 6) is 0.509. The van der Waals surface area contributed by atoms with Gasteiger partial charge < -0.3 is 9.30 Å². The fraction of sp³-hybridized carbons (Fsp3) is 0.333. The number of amides is 1. The Morgan fingerprint density at radius 1 is 1.19 bits per heavy atom. The first kappa shape index (κ1) is 22.1. The first-order valence-electron chi connectivity index (χ1n) is 10.8. The molecule has 2 aromatic rings. The second-order valence-electron chi connectivity index (χ2n) is 7.71. The molecule has 8 heteroatoms. The number of benzene rings is 1. The molecule has 3 heterocycles. The minimum Gasteiger partial charge on any atom is -0.494 e. The van der Waals surface area contributed by atoms with E-state index in [9.17, 15) is 4.79 Å². The van der Waals surface area contributed by atoms with Crippen LogP contribution in [0, 0.1) is 19.3 Å². The fourth-order valence-corrected chi connectivity index (χ4v) is 4.73. The molecular weight excluding hydrogens is 422 g/mol. The van der Waals surface area contributed by atoms with Crippen LogP contribution < -0.4 is 4.74 Å². The lowest BCUT2D eigenvalue weighted by atomic mass is 10.1. The molecule has 0 unspecified atom stereocenters. The second-order valence-corrected chi connectivity index (χ2v) is 8.75. The zero-order chi connectivity index (χ0) is 22.8. The SMILES string of the molecule is CCCCC1=NN2C(=N)/C(=C/c3cc(C)n(-c4ccc(OCC)cc4)c3C)C(=O)N=C2S1. The highest BCUT2D eigenvalue weighted by Gasteiger charge is 2.35. The van der Waals surface area contributed by atoms with Crippen LogP contribution >= 0.6 is 11.8 Å². The number of aliphatic imine (C=N–C) groups is 1. The molecule has 0 bridgehead atoms. The minimum absolute atomic E-state index is 0.0740. The highest BCUT2D eigenvalue weighted by molar-refractivity contribution is 8.26. The number of ether oxygens (including phenoxy) is 1. The second kappa shape index (κ2) is 9.16. The molecule has 7 nitrogen and oxygen atoms in total. The largest absolute Gasteiger partial charge is 0.494 e. The molecule has 2 aliphatic rings. The summed E-state index contributed by atoms with van der Waals surface area (Å²) >= 11 is 1.38. The van der Waals surface area contributed by atoms with Crippen molar-refractivity contribution in [1.82, 2.24) is 9.58 Å². The van der Waals surface area contributed by atoms with E-state index < -0.39 is 5.91 Å². The molecule has 1 aromatic carbocycles. The van der Waals surface area contributed by atoms with Crippen molar-refractivity contribution >= 4 is 39.8 Å². The molecule has 1 aromatic heterocycles. The van der Waals surface area contributed by atoms with Crippen LogP contribution in [-0.2, 0) is 4.79 Å². The molecule has 32 heavy (non-hydrogen) atoms. The van der Waals surface area contributed by atoms with Gasteiger partial charge in [0.05, 0.1) is 12.2 Å². The van der Waals surface area contributed by atoms with Gasteiger partial charge in [-0.15, -0.1) is 0 Å². The van der Waals surface area contributed by atoms with Gasteiger partial charge in [-0.25, -0.2) is 0 Å². The Hall–Kier alpha value is -3.13. The Labute approximate surface area is 192 Å². The molecular formula is C24H27N5O2S. The highest BCUT2D eigenvalue weighted by atomic mass is 32.2. The van der Waals surface area contributed by atoms with Crippen LogP contribution in [0.4, 0.5) is 0 Å². The van der Waals surface area contributed by atoms with Crippen molar-refractivity contribution < 1.29 is 9.53 Å². The normalized spacial score (nSPS) is 17.0. The number of carbonyl (C=O) groups is 1. The van der Waals surface area contributed by atoms with Gasteiger partial charge in [0.1, 0.15) is 10.8 Å². The Balaban J connectivity index is 1.65. The van der Waals surface area contributed by atoms with Crippen LogP contribution in [-0.4, -0.2) is 38.1 Å². The lowest BCUT2D eigenvalue weighted by Gasteiger charge is -2.20. The molecule has 1 amide bonds. The molecule has 0 saturated heterocycles. The minimum atomic E-state index is -0.397. The first-order valence-corrected chi connectivity index (χ1v) is 11.7. The topological polar surface area (TPSA) is 83.0 Å². The van der Waals surface area contributed by atoms with Gasteiger partial charge in [0, 0.05) is 17.1 Å². The van der Waals surface area contributed by atoms with Crippen molar-refractivity contribution in [3.63, 3.8) is 0 Å². The smallest absolute Gasteiger partial charge is 0.283 e. The molecule has 1 N–H and O–H groups in total. The van der Waals surface area contributed by atoms with Gasteiger partial charge in [-0.3, -0.25) is 10.2 Å². The summed E-state index contributed by atoms with van der Waals surface area (Å²) in [6.07, 6.45) is 4.68. The zero-order valence-corrected chi connectivity index (χ0v) is 19.6. The molecule has 166 valence electrons. The molecule has 0 aliphatic carbocycles. The van der Waals surface area contributed by atoms with E-state index >= 15 is 0 Å². The number of fused-ring (bicyclic) bond motifs is 1. The number of aryl methyl sites for hydroxylation is 1. The zero-order valence-electron chi connectivity index (χ0n) is 18.8. The molecule has 0 spiro atoms. The van der Waals surface area contributed by atoms with Gasteiger partial charge in [-0.2, -0.15) is 15.1 Å². The third-order valence-electron chi connectivity index (χ3n) is 5.42. The summed E-state index contributed by atoms with van der Waals surface area (Å²) in [7, 11) is 0. The van der Waals surface area contributed by atoms with Crippen molar-refractivity contribution in [2.75, 3.05) is 6.61 Å². The van der Waals surface area contributed by atoms with Crippen molar-refractivity contribution in [3.8, 4) is 11.4 Å². The van der Waals surface area contributed by atoms with Crippen molar-refractivity contribution in [2.45, 2.75) is 47.0 Å². The van der Waals surface area contributed by atoms with Gasteiger partial charge in [0.2, 0.25) is 5.17 Å². The van der Waals surface area contributed by atoms with E-state index in [1.54, 1.807) is 6.08 Å². The quantitative estimate of drug-likeness (QED) is 0.581. The number of unbranched alkanes of at least 4 members (excludes halogenated alkanes) is 1. The van der Waals surface area contributed by atoms with Crippen molar-refractivity contribution in [2.24, 2.45) is 10.1 Å². The molecule has 4 rings (SSSR count). The van der Waals surface area contributed by atoms with E-state index in [-0.39, 0.29) is 11.4 Å². The molecule has 0 atom stereocenters. The van der Waals surface area contributed by atoms with E-state index in [1.807, 2.05) is 51.1 Å². The number of nitrogens with one attached hydrogen (secondary N) is 1. The average Bonchev–Trinajstić information content (AvgIpc) is 3.30. The lowest BCUT2D eigenvalue weighted by molar-refractivity contribution is -0.114. The standard InChI is InChI=1S/C24H27N5O2S/c1-5-7-8-21-27-29-22(25)20(23(30)26-24(29)32-21)14-17-13-15(3)28(16(17)4)18-9-11-19(12-10-18)31-6-2/h9-14,25H,5-8H2,1-4H3/b20-14-,25-22?. The van der Waals surface area contributed by atoms with Crippen LogP contribution in [0.3, 0.4) is 0 Å². The number of hydrogen-bond donors (Lipinski definition) is 1. The third kappa shape index (κ3) is 4.14. The Morgan fingerprint density at radius 3 is 2.62 bits per heavy atom. The fourth-order valence-electron chi connectivity index (χ4n) is 3.81. The van der Waals surface area contributed by atoms with Gasteiger partial charge in [-0.05, 0) is 87.3 Å². The molecule has 0 radical (unpaired) electrons. The van der Waals surface area contributed by atoms with Crippen molar-refractivity contribution in [1.29, 1.82) is 5.41 Å². The summed E-state index contributed by atoms with van der Waals surface area (Å²) in [6, 6.07) is 9.95. The number of carbonyl (C=O) groups excluding carboxylic acids is 1. The van der Waals surface area contributed by atoms with Gasteiger partial charge in [0.25, 0.3) is 5.91 Å². The van der Waals surface area contributed by atoms with Crippen molar-refractivity contribution in [3.05, 3.63) is 52.9 Å². The van der Waals surface area contributed by atoms with Gasteiger partial charge in [0.15, 0.2) is 5.84 Å². The molecule has 0 fully saturated rings. The lowest BCUT2D eigenvalue weighted by Crippen LogP contribution is -2.35. The number of hydrazone groups is 1. The third-order valence-corrected chi connectivity index (χ3v) is 6.38. The number of thioether (sulfide) groups is 1. The Morgan fingerprint density at radius 2 is 1.94 bits per heavy atom. The number of aromatic nitrogens is 1. The highest BCUT2D eigenvalue weighted by Crippen LogP contribution is 2.31. The van der Waals surface area contributed by atoms with E-state index in [0.29, 0.717) is 11.8 Å². The van der Waals surface area contributed by atoms with Crippen LogP contribution in [0.2, 0.25) is 0 Å². The Kier molecular flexibility index (Phi) is 6.32. The maximum absolute atomic E-state index is 12.7. The van der Waals surface area contributed by atoms with Crippen LogP contribution in [0.25, 0.3) is 11.8 Å². The predicted octanol–water partition coefficient (Wildman–Crippen LogP) is 5.30. The van der Waals surface area contributed by atoms with Gasteiger partial charge in [-0.1, -0.05) is 13.3 Å². The molecule has 0 saturated carbocycles. The number of hydrogen-bond acceptors (Lipinski definition) is 5. The van der Waals surface area contributed by atoms with E-state index in [2.05, 4.69) is 21.6 Å². The monoisotopic (exact) mass is 449 g/mol. The van der Waals surface area contributed by atoms with Crippen LogP contribution in [0.15, 0.2) is 46.0 Å². The number of nitrogens with zero attached hydrogens (tertiary/aromatic N) is 4. The maximum Gasteiger partial charge on any atom is 0.283 e. The summed E-state index contributed by atoms with van der Waals surface area (Å²) < 4.78 is 7.67. The number of amidine groups is 2. The summed E-state index contributed by atoms with van der Waals surface area (Å²) in [6.45, 7) is 8.75. The number of rotatable bonds is 7. The van der Waals surface area contributed by atoms with Crippen LogP contribution in [0.5, 0.6) is 5.75 Å². The van der Waals surface area contributed by atoms with Gasteiger partial charge >= 0.3 is 0 Å². The van der Waals surface area contributed by atoms with E-state index in [1.165, 1.54) is 16.8 Å². The predicted molar refractivity (Wildman–Crippen MR) is 131 cm³/mol.